The van der Waals surface area contributed by atoms with Gasteiger partial charge in [-0.15, -0.1) is 0 Å². The van der Waals surface area contributed by atoms with Gasteiger partial charge in [0.25, 0.3) is 5.91 Å². The van der Waals surface area contributed by atoms with E-state index in [-0.39, 0.29) is 5.91 Å². The number of aromatic nitrogens is 2. The number of benzene rings is 1. The van der Waals surface area contributed by atoms with Crippen LogP contribution in [-0.4, -0.2) is 28.6 Å². The van der Waals surface area contributed by atoms with E-state index in [4.69, 9.17) is 0 Å². The second-order valence-corrected chi connectivity index (χ2v) is 6.16. The Bertz CT molecular complexity index is 864. The van der Waals surface area contributed by atoms with Crippen molar-refractivity contribution in [3.63, 3.8) is 0 Å². The Hall–Kier alpha value is -2.66. The van der Waals surface area contributed by atoms with E-state index in [1.165, 1.54) is 0 Å². The summed E-state index contributed by atoms with van der Waals surface area (Å²) in [4.78, 5) is 12.7. The van der Waals surface area contributed by atoms with E-state index in [1.807, 2.05) is 53.3 Å². The predicted molar refractivity (Wildman–Crippen MR) is 93.0 cm³/mol. The Kier molecular flexibility index (Phi) is 4.01. The van der Waals surface area contributed by atoms with E-state index >= 15 is 0 Å². The molecule has 5 nitrogen and oxygen atoms in total. The van der Waals surface area contributed by atoms with Crippen molar-refractivity contribution in [1.29, 1.82) is 0 Å². The van der Waals surface area contributed by atoms with Gasteiger partial charge in [0.15, 0.2) is 0 Å². The van der Waals surface area contributed by atoms with Crippen LogP contribution in [0.2, 0.25) is 0 Å². The number of hydrogen-bond acceptors (Lipinski definition) is 3. The number of fused-ring (bicyclic) bond motifs is 1. The second kappa shape index (κ2) is 6.45. The third-order valence-corrected chi connectivity index (χ3v) is 4.65. The Morgan fingerprint density at radius 1 is 1.25 bits per heavy atom. The normalized spacial score (nSPS) is 17.2. The molecule has 1 aromatic carbocycles. The molecule has 3 aromatic rings. The number of pyridine rings is 1. The van der Waals surface area contributed by atoms with Crippen molar-refractivity contribution in [2.24, 2.45) is 0 Å². The number of hydrogen-bond donors (Lipinski definition) is 2. The lowest BCUT2D eigenvalue weighted by Crippen LogP contribution is -2.24. The van der Waals surface area contributed by atoms with Crippen molar-refractivity contribution < 1.29 is 4.79 Å². The summed E-state index contributed by atoms with van der Waals surface area (Å²) in [6.07, 6.45) is 4.80. The summed E-state index contributed by atoms with van der Waals surface area (Å²) < 4.78 is 1.82. The van der Waals surface area contributed by atoms with Crippen LogP contribution in [0.5, 0.6) is 0 Å². The number of nitrogens with zero attached hydrogens (tertiary/aromatic N) is 2. The first kappa shape index (κ1) is 14.9. The molecule has 0 saturated carbocycles. The van der Waals surface area contributed by atoms with Gasteiger partial charge in [0, 0.05) is 30.4 Å². The van der Waals surface area contributed by atoms with Crippen LogP contribution in [0.3, 0.4) is 0 Å². The standard InChI is InChI=1S/C19H20N4O/c24-19(17-6-2-1-5-16(17)14-8-9-20-11-14)21-12-15-13-22-23-10-4-3-7-18(15)23/h1-7,10,13-14,20H,8-9,11-12H2,(H,21,24)/t14-/m0/s1. The highest BCUT2D eigenvalue weighted by Crippen LogP contribution is 2.25. The molecule has 2 N–H and O–H groups in total. The van der Waals surface area contributed by atoms with Gasteiger partial charge >= 0.3 is 0 Å². The van der Waals surface area contributed by atoms with Crippen molar-refractivity contribution in [1.82, 2.24) is 20.2 Å². The molecule has 4 rings (SSSR count). The Balaban J connectivity index is 1.52. The second-order valence-electron chi connectivity index (χ2n) is 6.16. The first-order chi connectivity index (χ1) is 11.8. The van der Waals surface area contributed by atoms with E-state index in [2.05, 4.69) is 21.8 Å². The third-order valence-electron chi connectivity index (χ3n) is 4.65. The number of nitrogens with one attached hydrogen (secondary N) is 2. The fourth-order valence-electron chi connectivity index (χ4n) is 3.37. The van der Waals surface area contributed by atoms with Crippen LogP contribution in [0.15, 0.2) is 54.9 Å². The van der Waals surface area contributed by atoms with Crippen molar-refractivity contribution in [2.75, 3.05) is 13.1 Å². The van der Waals surface area contributed by atoms with Gasteiger partial charge in [-0.05, 0) is 42.6 Å². The van der Waals surface area contributed by atoms with Crippen molar-refractivity contribution in [3.05, 3.63) is 71.5 Å². The van der Waals surface area contributed by atoms with Gasteiger partial charge in [-0.25, -0.2) is 4.52 Å². The molecule has 0 unspecified atom stereocenters. The number of carbonyl (C=O) groups is 1. The minimum absolute atomic E-state index is 0.0206. The van der Waals surface area contributed by atoms with Gasteiger partial charge in [0.1, 0.15) is 0 Å². The molecule has 122 valence electrons. The lowest BCUT2D eigenvalue weighted by molar-refractivity contribution is 0.0949. The monoisotopic (exact) mass is 320 g/mol. The number of amides is 1. The average molecular weight is 320 g/mol. The molecule has 0 radical (unpaired) electrons. The van der Waals surface area contributed by atoms with Crippen molar-refractivity contribution in [3.8, 4) is 0 Å². The molecule has 24 heavy (non-hydrogen) atoms. The fraction of sp³-hybridized carbons (Fsp3) is 0.263. The van der Waals surface area contributed by atoms with Crippen LogP contribution < -0.4 is 10.6 Å². The smallest absolute Gasteiger partial charge is 0.251 e. The summed E-state index contributed by atoms with van der Waals surface area (Å²) in [7, 11) is 0. The van der Waals surface area contributed by atoms with Crippen molar-refractivity contribution >= 4 is 11.4 Å². The highest BCUT2D eigenvalue weighted by Gasteiger charge is 2.22. The predicted octanol–water partition coefficient (Wildman–Crippen LogP) is 2.34. The van der Waals surface area contributed by atoms with Gasteiger partial charge in [0.2, 0.25) is 0 Å². The molecule has 1 amide bonds. The van der Waals surface area contributed by atoms with E-state index in [0.29, 0.717) is 12.5 Å². The largest absolute Gasteiger partial charge is 0.348 e. The molecule has 5 heteroatoms. The van der Waals surface area contributed by atoms with Gasteiger partial charge in [0.05, 0.1) is 11.7 Å². The molecule has 0 aliphatic carbocycles. The lowest BCUT2D eigenvalue weighted by atomic mass is 9.93. The van der Waals surface area contributed by atoms with Crippen LogP contribution in [0.1, 0.15) is 33.8 Å². The van der Waals surface area contributed by atoms with Gasteiger partial charge in [-0.1, -0.05) is 24.3 Å². The Morgan fingerprint density at radius 3 is 3.00 bits per heavy atom. The topological polar surface area (TPSA) is 58.4 Å². The highest BCUT2D eigenvalue weighted by atomic mass is 16.1. The Morgan fingerprint density at radius 2 is 2.12 bits per heavy atom. The fourth-order valence-corrected chi connectivity index (χ4v) is 3.37. The van der Waals surface area contributed by atoms with E-state index < -0.39 is 0 Å². The van der Waals surface area contributed by atoms with Gasteiger partial charge < -0.3 is 10.6 Å². The molecule has 0 spiro atoms. The number of rotatable bonds is 4. The maximum atomic E-state index is 12.7. The summed E-state index contributed by atoms with van der Waals surface area (Å²) in [6.45, 7) is 2.44. The maximum absolute atomic E-state index is 12.7. The average Bonchev–Trinajstić information content (AvgIpc) is 3.30. The van der Waals surface area contributed by atoms with Crippen LogP contribution in [0.4, 0.5) is 0 Å². The summed E-state index contributed by atoms with van der Waals surface area (Å²) in [6, 6.07) is 13.8. The molecule has 1 fully saturated rings. The molecule has 1 atom stereocenters. The molecule has 1 aliphatic rings. The van der Waals surface area contributed by atoms with Crippen LogP contribution in [-0.2, 0) is 6.54 Å². The van der Waals surface area contributed by atoms with Crippen LogP contribution in [0.25, 0.3) is 5.52 Å². The molecule has 2 aromatic heterocycles. The minimum atomic E-state index is -0.0206. The summed E-state index contributed by atoms with van der Waals surface area (Å²) in [5, 5.41) is 10.7. The summed E-state index contributed by atoms with van der Waals surface area (Å²) >= 11 is 0. The minimum Gasteiger partial charge on any atom is -0.348 e. The molecular weight excluding hydrogens is 300 g/mol. The zero-order valence-electron chi connectivity index (χ0n) is 13.4. The summed E-state index contributed by atoms with van der Waals surface area (Å²) in [5.74, 6) is 0.400. The van der Waals surface area contributed by atoms with Gasteiger partial charge in [-0.2, -0.15) is 5.10 Å². The third kappa shape index (κ3) is 2.78. The zero-order chi connectivity index (χ0) is 16.4. The number of carbonyl (C=O) groups excluding carboxylic acids is 1. The lowest BCUT2D eigenvalue weighted by Gasteiger charge is -2.14. The Labute approximate surface area is 140 Å². The van der Waals surface area contributed by atoms with Crippen LogP contribution >= 0.6 is 0 Å². The summed E-state index contributed by atoms with van der Waals surface area (Å²) in [5.41, 5.74) is 3.96. The molecule has 0 bridgehead atoms. The molecule has 1 aliphatic heterocycles. The first-order valence-corrected chi connectivity index (χ1v) is 8.32. The first-order valence-electron chi connectivity index (χ1n) is 8.32. The van der Waals surface area contributed by atoms with E-state index in [0.717, 1.165) is 41.7 Å². The zero-order valence-corrected chi connectivity index (χ0v) is 13.4. The van der Waals surface area contributed by atoms with E-state index in [1.54, 1.807) is 0 Å². The maximum Gasteiger partial charge on any atom is 0.251 e. The van der Waals surface area contributed by atoms with Crippen molar-refractivity contribution in [2.45, 2.75) is 18.9 Å². The molecule has 3 heterocycles. The van der Waals surface area contributed by atoms with E-state index in [9.17, 15) is 4.79 Å². The molecular formula is C19H20N4O. The highest BCUT2D eigenvalue weighted by molar-refractivity contribution is 5.96. The SMILES string of the molecule is O=C(NCc1cnn2ccccc12)c1ccccc1[C@H]1CCNC1. The molecule has 1 saturated heterocycles. The van der Waals surface area contributed by atoms with Gasteiger partial charge in [-0.3, -0.25) is 4.79 Å². The quantitative estimate of drug-likeness (QED) is 0.776. The van der Waals surface area contributed by atoms with Crippen LogP contribution in [0, 0.1) is 0 Å².